The van der Waals surface area contributed by atoms with Crippen molar-refractivity contribution < 1.29 is 9.53 Å². The number of nitrogens with one attached hydrogen (secondary N) is 1. The molecule has 0 bridgehead atoms. The summed E-state index contributed by atoms with van der Waals surface area (Å²) in [6.07, 6.45) is 2.29. The van der Waals surface area contributed by atoms with E-state index >= 15 is 0 Å². The van der Waals surface area contributed by atoms with E-state index < -0.39 is 0 Å². The molecule has 0 spiro atoms. The molecule has 1 saturated heterocycles. The summed E-state index contributed by atoms with van der Waals surface area (Å²) in [5, 5.41) is 6.19. The minimum atomic E-state index is -0.0241. The Balaban J connectivity index is 1.32. The third kappa shape index (κ3) is 4.50. The van der Waals surface area contributed by atoms with E-state index in [1.165, 1.54) is 0 Å². The van der Waals surface area contributed by atoms with Gasteiger partial charge in [0.1, 0.15) is 5.01 Å². The molecule has 1 unspecified atom stereocenters. The van der Waals surface area contributed by atoms with Gasteiger partial charge in [0.05, 0.1) is 31.4 Å². The molecule has 1 aliphatic heterocycles. The SMILES string of the molecule is O=C(NCc1nc(CN2CCOCC2)cs1)C(c1ccccc1)C1CC1. The molecular weight excluding hydrogens is 346 g/mol. The van der Waals surface area contributed by atoms with Crippen LogP contribution in [0.1, 0.15) is 35.0 Å². The van der Waals surface area contributed by atoms with Crippen LogP contribution in [-0.4, -0.2) is 42.1 Å². The fourth-order valence-electron chi connectivity index (χ4n) is 3.49. The van der Waals surface area contributed by atoms with Gasteiger partial charge in [-0.3, -0.25) is 9.69 Å². The van der Waals surface area contributed by atoms with Gasteiger partial charge in [0.2, 0.25) is 5.91 Å². The largest absolute Gasteiger partial charge is 0.379 e. The molecule has 1 N–H and O–H groups in total. The van der Waals surface area contributed by atoms with Crippen LogP contribution < -0.4 is 5.32 Å². The van der Waals surface area contributed by atoms with Crippen LogP contribution >= 0.6 is 11.3 Å². The molecule has 1 aromatic carbocycles. The Morgan fingerprint density at radius 3 is 2.77 bits per heavy atom. The predicted molar refractivity (Wildman–Crippen MR) is 102 cm³/mol. The summed E-state index contributed by atoms with van der Waals surface area (Å²) in [6.45, 7) is 4.91. The maximum Gasteiger partial charge on any atom is 0.228 e. The van der Waals surface area contributed by atoms with Crippen molar-refractivity contribution in [3.63, 3.8) is 0 Å². The number of hydrogen-bond acceptors (Lipinski definition) is 5. The smallest absolute Gasteiger partial charge is 0.228 e. The summed E-state index contributed by atoms with van der Waals surface area (Å²) in [4.78, 5) is 19.8. The zero-order chi connectivity index (χ0) is 17.8. The molecule has 0 radical (unpaired) electrons. The average Bonchev–Trinajstić information content (AvgIpc) is 3.41. The lowest BCUT2D eigenvalue weighted by atomic mass is 9.93. The standard InChI is InChI=1S/C20H25N3O2S/c24-20(19(16-6-7-16)15-4-2-1-3-5-15)21-12-18-22-17(14-26-18)13-23-8-10-25-11-9-23/h1-5,14,16,19H,6-13H2,(H,21,24). The summed E-state index contributed by atoms with van der Waals surface area (Å²) < 4.78 is 5.38. The molecule has 1 amide bonds. The summed E-state index contributed by atoms with van der Waals surface area (Å²) in [5.41, 5.74) is 2.21. The van der Waals surface area contributed by atoms with Crippen molar-refractivity contribution >= 4 is 17.2 Å². The molecule has 26 heavy (non-hydrogen) atoms. The van der Waals surface area contributed by atoms with Gasteiger partial charge in [-0.15, -0.1) is 11.3 Å². The molecule has 138 valence electrons. The first-order chi connectivity index (χ1) is 12.8. The van der Waals surface area contributed by atoms with E-state index in [9.17, 15) is 4.79 Å². The number of carbonyl (C=O) groups is 1. The van der Waals surface area contributed by atoms with E-state index in [1.807, 2.05) is 18.2 Å². The summed E-state index contributed by atoms with van der Waals surface area (Å²) in [6, 6.07) is 10.1. The van der Waals surface area contributed by atoms with Crippen molar-refractivity contribution in [2.75, 3.05) is 26.3 Å². The van der Waals surface area contributed by atoms with Crippen LogP contribution in [0.4, 0.5) is 0 Å². The van der Waals surface area contributed by atoms with Gasteiger partial charge >= 0.3 is 0 Å². The van der Waals surface area contributed by atoms with Gasteiger partial charge in [-0.1, -0.05) is 30.3 Å². The van der Waals surface area contributed by atoms with E-state index in [2.05, 4.69) is 27.7 Å². The predicted octanol–water partition coefficient (Wildman–Crippen LogP) is 2.79. The van der Waals surface area contributed by atoms with Crippen LogP contribution in [0.25, 0.3) is 0 Å². The molecule has 1 aliphatic carbocycles. The highest BCUT2D eigenvalue weighted by atomic mass is 32.1. The number of carbonyl (C=O) groups excluding carboxylic acids is 1. The number of hydrogen-bond donors (Lipinski definition) is 1. The fourth-order valence-corrected chi connectivity index (χ4v) is 4.22. The Hall–Kier alpha value is -1.76. The Kier molecular flexibility index (Phi) is 5.62. The van der Waals surface area contributed by atoms with E-state index in [-0.39, 0.29) is 11.8 Å². The number of benzene rings is 1. The minimum absolute atomic E-state index is 0.0241. The normalized spacial score (nSPS) is 19.2. The van der Waals surface area contributed by atoms with Crippen molar-refractivity contribution in [2.45, 2.75) is 31.8 Å². The van der Waals surface area contributed by atoms with Crippen molar-refractivity contribution in [3.05, 3.63) is 52.0 Å². The second-order valence-corrected chi connectivity index (χ2v) is 8.01. The Bertz CT molecular complexity index is 724. The van der Waals surface area contributed by atoms with Crippen LogP contribution in [0.2, 0.25) is 0 Å². The van der Waals surface area contributed by atoms with Crippen molar-refractivity contribution in [2.24, 2.45) is 5.92 Å². The summed E-state index contributed by atoms with van der Waals surface area (Å²) in [5.74, 6) is 0.596. The molecule has 1 saturated carbocycles. The molecule has 2 aliphatic rings. The Morgan fingerprint density at radius 2 is 2.04 bits per heavy atom. The maximum atomic E-state index is 12.8. The summed E-state index contributed by atoms with van der Waals surface area (Å²) in [7, 11) is 0. The van der Waals surface area contributed by atoms with Crippen LogP contribution in [0.15, 0.2) is 35.7 Å². The molecule has 2 heterocycles. The first-order valence-electron chi connectivity index (χ1n) is 9.35. The number of rotatable bonds is 7. The molecule has 6 heteroatoms. The number of nitrogens with zero attached hydrogens (tertiary/aromatic N) is 2. The first kappa shape index (κ1) is 17.6. The van der Waals surface area contributed by atoms with Crippen molar-refractivity contribution in [3.8, 4) is 0 Å². The number of amides is 1. The molecule has 1 atom stereocenters. The Labute approximate surface area is 158 Å². The fraction of sp³-hybridized carbons (Fsp3) is 0.500. The highest BCUT2D eigenvalue weighted by Crippen LogP contribution is 2.42. The van der Waals surface area contributed by atoms with Crippen LogP contribution in [0, 0.1) is 5.92 Å². The summed E-state index contributed by atoms with van der Waals surface area (Å²) >= 11 is 1.63. The van der Waals surface area contributed by atoms with Crippen molar-refractivity contribution in [1.82, 2.24) is 15.2 Å². The number of ether oxygens (including phenoxy) is 1. The van der Waals surface area contributed by atoms with Gasteiger partial charge in [-0.2, -0.15) is 0 Å². The highest BCUT2D eigenvalue weighted by Gasteiger charge is 2.37. The molecule has 2 fully saturated rings. The monoisotopic (exact) mass is 371 g/mol. The van der Waals surface area contributed by atoms with E-state index in [4.69, 9.17) is 9.72 Å². The van der Waals surface area contributed by atoms with Crippen LogP contribution in [-0.2, 0) is 22.6 Å². The number of thiazole rings is 1. The maximum absolute atomic E-state index is 12.8. The zero-order valence-electron chi connectivity index (χ0n) is 14.9. The Morgan fingerprint density at radius 1 is 1.27 bits per heavy atom. The van der Waals surface area contributed by atoms with E-state index in [1.54, 1.807) is 11.3 Å². The number of aromatic nitrogens is 1. The minimum Gasteiger partial charge on any atom is -0.379 e. The molecular formula is C20H25N3O2S. The van der Waals surface area contributed by atoms with Gasteiger partial charge in [-0.05, 0) is 24.3 Å². The lowest BCUT2D eigenvalue weighted by Gasteiger charge is -2.25. The molecule has 4 rings (SSSR count). The third-order valence-electron chi connectivity index (χ3n) is 5.04. The average molecular weight is 372 g/mol. The van der Waals surface area contributed by atoms with Gasteiger partial charge in [-0.25, -0.2) is 4.98 Å². The van der Waals surface area contributed by atoms with Crippen LogP contribution in [0.5, 0.6) is 0 Å². The molecule has 2 aromatic rings. The zero-order valence-corrected chi connectivity index (χ0v) is 15.7. The van der Waals surface area contributed by atoms with Gasteiger partial charge in [0.25, 0.3) is 0 Å². The number of morpholine rings is 1. The second kappa shape index (κ2) is 8.29. The van der Waals surface area contributed by atoms with Gasteiger partial charge < -0.3 is 10.1 Å². The molecule has 1 aromatic heterocycles. The quantitative estimate of drug-likeness (QED) is 0.813. The van der Waals surface area contributed by atoms with E-state index in [0.29, 0.717) is 12.5 Å². The highest BCUT2D eigenvalue weighted by molar-refractivity contribution is 7.09. The second-order valence-electron chi connectivity index (χ2n) is 7.06. The van der Waals surface area contributed by atoms with E-state index in [0.717, 1.165) is 62.0 Å². The molecule has 5 nitrogen and oxygen atoms in total. The first-order valence-corrected chi connectivity index (χ1v) is 10.2. The van der Waals surface area contributed by atoms with Gasteiger partial charge in [0.15, 0.2) is 0 Å². The van der Waals surface area contributed by atoms with Crippen molar-refractivity contribution in [1.29, 1.82) is 0 Å². The lowest BCUT2D eigenvalue weighted by molar-refractivity contribution is -0.123. The lowest BCUT2D eigenvalue weighted by Crippen LogP contribution is -2.35. The third-order valence-corrected chi connectivity index (χ3v) is 5.93. The topological polar surface area (TPSA) is 54.5 Å². The van der Waals surface area contributed by atoms with Crippen LogP contribution in [0.3, 0.4) is 0 Å². The van der Waals surface area contributed by atoms with Gasteiger partial charge in [0, 0.05) is 25.0 Å².